The predicted octanol–water partition coefficient (Wildman–Crippen LogP) is 2.86. The number of hydrogen-bond acceptors (Lipinski definition) is 2. The van der Waals surface area contributed by atoms with Crippen LogP contribution >= 0.6 is 0 Å². The van der Waals surface area contributed by atoms with Crippen LogP contribution < -0.4 is 0 Å². The number of benzene rings is 1. The molecule has 1 aromatic rings. The lowest BCUT2D eigenvalue weighted by molar-refractivity contribution is -0.138. The summed E-state index contributed by atoms with van der Waals surface area (Å²) in [5, 5.41) is 8.83. The molecular formula is C16H23NO2. The average Bonchev–Trinajstić information content (AvgIpc) is 2.37. The molecule has 1 atom stereocenters. The highest BCUT2D eigenvalue weighted by molar-refractivity contribution is 5.67. The minimum Gasteiger partial charge on any atom is -0.481 e. The van der Waals surface area contributed by atoms with E-state index < -0.39 is 5.97 Å². The van der Waals surface area contributed by atoms with Gasteiger partial charge in [-0.15, -0.1) is 0 Å². The molecule has 0 amide bonds. The fourth-order valence-electron chi connectivity index (χ4n) is 2.74. The Bertz CT molecular complexity index is 456. The first-order chi connectivity index (χ1) is 9.06. The van der Waals surface area contributed by atoms with Crippen molar-refractivity contribution >= 4 is 5.97 Å². The van der Waals surface area contributed by atoms with E-state index in [0.717, 1.165) is 6.54 Å². The SMILES string of the molecule is CC(CC(=O)O)N(C)Cc1ccc2c(c1)CCCC2. The normalized spacial score (nSPS) is 16.2. The van der Waals surface area contributed by atoms with Crippen LogP contribution in [0.25, 0.3) is 0 Å². The number of rotatable bonds is 5. The molecule has 2 rings (SSSR count). The van der Waals surface area contributed by atoms with Gasteiger partial charge in [0, 0.05) is 12.6 Å². The smallest absolute Gasteiger partial charge is 0.304 e. The largest absolute Gasteiger partial charge is 0.481 e. The van der Waals surface area contributed by atoms with Gasteiger partial charge < -0.3 is 5.11 Å². The summed E-state index contributed by atoms with van der Waals surface area (Å²) in [6.07, 6.45) is 5.20. The van der Waals surface area contributed by atoms with Gasteiger partial charge in [-0.2, -0.15) is 0 Å². The van der Waals surface area contributed by atoms with E-state index >= 15 is 0 Å². The molecule has 0 radical (unpaired) electrons. The van der Waals surface area contributed by atoms with Crippen molar-refractivity contribution in [3.8, 4) is 0 Å². The molecule has 0 heterocycles. The van der Waals surface area contributed by atoms with Gasteiger partial charge in [-0.1, -0.05) is 18.2 Å². The molecule has 104 valence electrons. The van der Waals surface area contributed by atoms with Gasteiger partial charge in [0.15, 0.2) is 0 Å². The summed E-state index contributed by atoms with van der Waals surface area (Å²) in [6, 6.07) is 6.81. The van der Waals surface area contributed by atoms with Crippen LogP contribution in [-0.4, -0.2) is 29.1 Å². The maximum absolute atomic E-state index is 10.7. The molecule has 3 nitrogen and oxygen atoms in total. The second kappa shape index (κ2) is 6.20. The van der Waals surface area contributed by atoms with Crippen LogP contribution in [0, 0.1) is 0 Å². The number of fused-ring (bicyclic) bond motifs is 1. The monoisotopic (exact) mass is 261 g/mol. The topological polar surface area (TPSA) is 40.5 Å². The Morgan fingerprint density at radius 1 is 1.32 bits per heavy atom. The van der Waals surface area contributed by atoms with E-state index in [9.17, 15) is 4.79 Å². The molecule has 1 N–H and O–H groups in total. The van der Waals surface area contributed by atoms with Crippen molar-refractivity contribution in [1.82, 2.24) is 4.90 Å². The van der Waals surface area contributed by atoms with Gasteiger partial charge in [0.1, 0.15) is 0 Å². The summed E-state index contributed by atoms with van der Waals surface area (Å²) in [6.45, 7) is 2.79. The maximum Gasteiger partial charge on any atom is 0.304 e. The Hall–Kier alpha value is -1.35. The van der Waals surface area contributed by atoms with E-state index in [2.05, 4.69) is 23.1 Å². The molecule has 1 aromatic carbocycles. The third-order valence-corrected chi connectivity index (χ3v) is 4.07. The van der Waals surface area contributed by atoms with Gasteiger partial charge in [0.05, 0.1) is 6.42 Å². The van der Waals surface area contributed by atoms with E-state index in [1.54, 1.807) is 0 Å². The van der Waals surface area contributed by atoms with Gasteiger partial charge in [-0.3, -0.25) is 9.69 Å². The molecule has 0 aliphatic heterocycles. The van der Waals surface area contributed by atoms with Crippen LogP contribution in [-0.2, 0) is 24.2 Å². The van der Waals surface area contributed by atoms with Crippen LogP contribution in [0.5, 0.6) is 0 Å². The molecule has 0 saturated carbocycles. The number of carbonyl (C=O) groups is 1. The van der Waals surface area contributed by atoms with Crippen molar-refractivity contribution in [3.63, 3.8) is 0 Å². The third kappa shape index (κ3) is 3.80. The zero-order valence-electron chi connectivity index (χ0n) is 11.9. The van der Waals surface area contributed by atoms with Gasteiger partial charge in [-0.25, -0.2) is 0 Å². The van der Waals surface area contributed by atoms with E-state index in [1.165, 1.54) is 42.4 Å². The third-order valence-electron chi connectivity index (χ3n) is 4.07. The van der Waals surface area contributed by atoms with Crippen molar-refractivity contribution < 1.29 is 9.90 Å². The minimum absolute atomic E-state index is 0.0635. The summed E-state index contributed by atoms with van der Waals surface area (Å²) >= 11 is 0. The summed E-state index contributed by atoms with van der Waals surface area (Å²) in [5.41, 5.74) is 4.28. The van der Waals surface area contributed by atoms with Crippen LogP contribution in [0.1, 0.15) is 42.9 Å². The molecule has 0 aromatic heterocycles. The molecule has 0 fully saturated rings. The van der Waals surface area contributed by atoms with Crippen LogP contribution in [0.15, 0.2) is 18.2 Å². The number of nitrogens with zero attached hydrogens (tertiary/aromatic N) is 1. The van der Waals surface area contributed by atoms with Crippen LogP contribution in [0.4, 0.5) is 0 Å². The maximum atomic E-state index is 10.7. The van der Waals surface area contributed by atoms with Gasteiger partial charge in [0.2, 0.25) is 0 Å². The Balaban J connectivity index is 2.00. The molecular weight excluding hydrogens is 238 g/mol. The number of hydrogen-bond donors (Lipinski definition) is 1. The van der Waals surface area contributed by atoms with Gasteiger partial charge >= 0.3 is 5.97 Å². The second-order valence-corrected chi connectivity index (χ2v) is 5.67. The standard InChI is InChI=1S/C16H23NO2/c1-12(9-16(18)19)17(2)11-13-7-8-14-5-3-4-6-15(14)10-13/h7-8,10,12H,3-6,9,11H2,1-2H3,(H,18,19). The molecule has 1 aliphatic carbocycles. The number of aryl methyl sites for hydroxylation is 2. The van der Waals surface area contributed by atoms with Gasteiger partial charge in [0.25, 0.3) is 0 Å². The van der Waals surface area contributed by atoms with Crippen molar-refractivity contribution in [2.75, 3.05) is 7.05 Å². The molecule has 19 heavy (non-hydrogen) atoms. The van der Waals surface area contributed by atoms with Crippen molar-refractivity contribution in [1.29, 1.82) is 0 Å². The van der Waals surface area contributed by atoms with Crippen LogP contribution in [0.2, 0.25) is 0 Å². The van der Waals surface area contributed by atoms with E-state index in [1.807, 2.05) is 14.0 Å². The highest BCUT2D eigenvalue weighted by Crippen LogP contribution is 2.23. The Morgan fingerprint density at radius 3 is 2.68 bits per heavy atom. The van der Waals surface area contributed by atoms with Crippen molar-refractivity contribution in [2.45, 2.75) is 51.6 Å². The lowest BCUT2D eigenvalue weighted by Crippen LogP contribution is -2.30. The summed E-state index contributed by atoms with van der Waals surface area (Å²) in [5.74, 6) is -0.732. The summed E-state index contributed by atoms with van der Waals surface area (Å²) < 4.78 is 0. The highest BCUT2D eigenvalue weighted by atomic mass is 16.4. The second-order valence-electron chi connectivity index (χ2n) is 5.67. The fourth-order valence-corrected chi connectivity index (χ4v) is 2.74. The zero-order valence-corrected chi connectivity index (χ0v) is 11.9. The first-order valence-corrected chi connectivity index (χ1v) is 7.09. The summed E-state index contributed by atoms with van der Waals surface area (Å²) in [7, 11) is 1.99. The van der Waals surface area contributed by atoms with E-state index in [4.69, 9.17) is 5.11 Å². The lowest BCUT2D eigenvalue weighted by atomic mass is 9.90. The van der Waals surface area contributed by atoms with Crippen molar-refractivity contribution in [3.05, 3.63) is 34.9 Å². The zero-order chi connectivity index (χ0) is 13.8. The molecule has 3 heteroatoms. The molecule has 0 spiro atoms. The average molecular weight is 261 g/mol. The minimum atomic E-state index is -0.732. The number of carboxylic acid groups (broad SMARTS) is 1. The molecule has 0 bridgehead atoms. The van der Waals surface area contributed by atoms with Crippen LogP contribution in [0.3, 0.4) is 0 Å². The molecule has 1 unspecified atom stereocenters. The first kappa shape index (κ1) is 14.1. The number of aliphatic carboxylic acids is 1. The fraction of sp³-hybridized carbons (Fsp3) is 0.562. The number of carboxylic acids is 1. The Kier molecular flexibility index (Phi) is 4.59. The highest BCUT2D eigenvalue weighted by Gasteiger charge is 2.14. The Labute approximate surface area is 115 Å². The molecule has 1 aliphatic rings. The van der Waals surface area contributed by atoms with Gasteiger partial charge in [-0.05, 0) is 56.3 Å². The van der Waals surface area contributed by atoms with Crippen molar-refractivity contribution in [2.24, 2.45) is 0 Å². The summed E-state index contributed by atoms with van der Waals surface area (Å²) in [4.78, 5) is 12.8. The quantitative estimate of drug-likeness (QED) is 0.886. The van der Waals surface area contributed by atoms with E-state index in [-0.39, 0.29) is 12.5 Å². The lowest BCUT2D eigenvalue weighted by Gasteiger charge is -2.24. The molecule has 0 saturated heterocycles. The predicted molar refractivity (Wildman–Crippen MR) is 76.3 cm³/mol. The first-order valence-electron chi connectivity index (χ1n) is 7.09. The van der Waals surface area contributed by atoms with E-state index in [0.29, 0.717) is 0 Å². The Morgan fingerprint density at radius 2 is 2.00 bits per heavy atom.